The van der Waals surface area contributed by atoms with Gasteiger partial charge in [-0.3, -0.25) is 4.68 Å². The zero-order valence-electron chi connectivity index (χ0n) is 10.1. The van der Waals surface area contributed by atoms with Crippen molar-refractivity contribution in [3.05, 3.63) is 46.7 Å². The van der Waals surface area contributed by atoms with Crippen molar-refractivity contribution in [2.45, 2.75) is 24.5 Å². The lowest BCUT2D eigenvalue weighted by atomic mass is 10.3. The summed E-state index contributed by atoms with van der Waals surface area (Å²) in [6.07, 6.45) is 1.24. The van der Waals surface area contributed by atoms with E-state index < -0.39 is 6.10 Å². The van der Waals surface area contributed by atoms with Gasteiger partial charge in [0, 0.05) is 27.9 Å². The monoisotopic (exact) mass is 326 g/mol. The number of benzene rings is 1. The van der Waals surface area contributed by atoms with Gasteiger partial charge in [0.15, 0.2) is 0 Å². The third kappa shape index (κ3) is 3.37. The van der Waals surface area contributed by atoms with Crippen LogP contribution in [0.4, 0.5) is 0 Å². The Balaban J connectivity index is 1.98. The summed E-state index contributed by atoms with van der Waals surface area (Å²) in [7, 11) is 0. The van der Waals surface area contributed by atoms with E-state index in [2.05, 4.69) is 27.1 Å². The fourth-order valence-electron chi connectivity index (χ4n) is 1.71. The Morgan fingerprint density at radius 2 is 2.28 bits per heavy atom. The van der Waals surface area contributed by atoms with Crippen molar-refractivity contribution < 1.29 is 5.11 Å². The number of hydrogen-bond donors (Lipinski definition) is 1. The maximum absolute atomic E-state index is 10.2. The van der Waals surface area contributed by atoms with Crippen molar-refractivity contribution in [3.63, 3.8) is 0 Å². The molecule has 1 unspecified atom stereocenters. The molecule has 1 atom stereocenters. The molecule has 0 fully saturated rings. The largest absolute Gasteiger partial charge is 0.386 e. The highest BCUT2D eigenvalue weighted by molar-refractivity contribution is 9.10. The van der Waals surface area contributed by atoms with Gasteiger partial charge >= 0.3 is 0 Å². The minimum Gasteiger partial charge on any atom is -0.386 e. The maximum Gasteiger partial charge on any atom is 0.105 e. The van der Waals surface area contributed by atoms with E-state index in [1.807, 2.05) is 35.9 Å². The lowest BCUT2D eigenvalue weighted by Gasteiger charge is -2.12. The van der Waals surface area contributed by atoms with Gasteiger partial charge in [0.1, 0.15) is 6.10 Å². The van der Waals surface area contributed by atoms with Gasteiger partial charge in [0.25, 0.3) is 0 Å². The molecule has 18 heavy (non-hydrogen) atoms. The molecule has 0 aliphatic rings. The number of halogens is 1. The highest BCUT2D eigenvalue weighted by atomic mass is 79.9. The Morgan fingerprint density at radius 1 is 1.44 bits per heavy atom. The minimum atomic E-state index is -0.489. The molecule has 0 saturated carbocycles. The van der Waals surface area contributed by atoms with E-state index in [0.29, 0.717) is 5.75 Å². The summed E-state index contributed by atoms with van der Waals surface area (Å²) in [5, 5.41) is 14.3. The third-order valence-corrected chi connectivity index (χ3v) is 4.16. The van der Waals surface area contributed by atoms with Gasteiger partial charge in [-0.1, -0.05) is 22.0 Å². The molecule has 1 heterocycles. The normalized spacial score (nSPS) is 12.6. The molecular weight excluding hydrogens is 312 g/mol. The van der Waals surface area contributed by atoms with Crippen LogP contribution in [0, 0.1) is 0 Å². The molecule has 0 aliphatic heterocycles. The van der Waals surface area contributed by atoms with E-state index in [1.54, 1.807) is 18.0 Å². The number of hydrogen-bond acceptors (Lipinski definition) is 3. The average molecular weight is 327 g/mol. The molecule has 1 aromatic heterocycles. The Bertz CT molecular complexity index is 515. The third-order valence-electron chi connectivity index (χ3n) is 2.59. The van der Waals surface area contributed by atoms with Crippen LogP contribution in [-0.4, -0.2) is 20.6 Å². The number of aliphatic hydroxyl groups excluding tert-OH is 1. The van der Waals surface area contributed by atoms with Crippen molar-refractivity contribution >= 4 is 27.7 Å². The SMILES string of the molecule is CCn1nccc1C(O)CSc1cccc(Br)c1. The number of aryl methyl sites for hydroxylation is 1. The summed E-state index contributed by atoms with van der Waals surface area (Å²) < 4.78 is 2.88. The molecule has 3 nitrogen and oxygen atoms in total. The van der Waals surface area contributed by atoms with Gasteiger partial charge in [-0.15, -0.1) is 11.8 Å². The summed E-state index contributed by atoms with van der Waals surface area (Å²) in [6.45, 7) is 2.80. The summed E-state index contributed by atoms with van der Waals surface area (Å²) in [5.41, 5.74) is 0.875. The molecule has 1 aromatic carbocycles. The molecule has 0 radical (unpaired) electrons. The number of thioether (sulfide) groups is 1. The van der Waals surface area contributed by atoms with Crippen LogP contribution < -0.4 is 0 Å². The second-order valence-electron chi connectivity index (χ2n) is 3.86. The second-order valence-corrected chi connectivity index (χ2v) is 5.87. The van der Waals surface area contributed by atoms with Gasteiger partial charge < -0.3 is 5.11 Å². The van der Waals surface area contributed by atoms with Crippen LogP contribution in [-0.2, 0) is 6.54 Å². The Kier molecular flexibility index (Phi) is 4.86. The topological polar surface area (TPSA) is 38.0 Å². The van der Waals surface area contributed by atoms with Crippen molar-refractivity contribution in [3.8, 4) is 0 Å². The van der Waals surface area contributed by atoms with Crippen LogP contribution in [0.25, 0.3) is 0 Å². The van der Waals surface area contributed by atoms with Crippen LogP contribution >= 0.6 is 27.7 Å². The molecule has 0 bridgehead atoms. The van der Waals surface area contributed by atoms with E-state index in [-0.39, 0.29) is 0 Å². The van der Waals surface area contributed by atoms with Crippen LogP contribution in [0.2, 0.25) is 0 Å². The van der Waals surface area contributed by atoms with Gasteiger partial charge in [-0.25, -0.2) is 0 Å². The molecule has 2 aromatic rings. The first kappa shape index (κ1) is 13.6. The molecule has 96 valence electrons. The molecular formula is C13H15BrN2OS. The highest BCUT2D eigenvalue weighted by Crippen LogP contribution is 2.26. The molecule has 0 spiro atoms. The number of aromatic nitrogens is 2. The first-order valence-corrected chi connectivity index (χ1v) is 7.56. The Morgan fingerprint density at radius 3 is 3.00 bits per heavy atom. The minimum absolute atomic E-state index is 0.489. The fourth-order valence-corrected chi connectivity index (χ4v) is 3.16. The fraction of sp³-hybridized carbons (Fsp3) is 0.308. The average Bonchev–Trinajstić information content (AvgIpc) is 2.84. The van der Waals surface area contributed by atoms with E-state index >= 15 is 0 Å². The lowest BCUT2D eigenvalue weighted by molar-refractivity contribution is 0.192. The zero-order valence-corrected chi connectivity index (χ0v) is 12.5. The standard InChI is InChI=1S/C13H15BrN2OS/c1-2-16-12(6-7-15-16)13(17)9-18-11-5-3-4-10(14)8-11/h3-8,13,17H,2,9H2,1H3. The molecule has 0 amide bonds. The van der Waals surface area contributed by atoms with Crippen molar-refractivity contribution in [2.75, 3.05) is 5.75 Å². The zero-order chi connectivity index (χ0) is 13.0. The van der Waals surface area contributed by atoms with Crippen LogP contribution in [0.15, 0.2) is 45.9 Å². The highest BCUT2D eigenvalue weighted by Gasteiger charge is 2.12. The quantitative estimate of drug-likeness (QED) is 0.855. The number of aliphatic hydroxyl groups is 1. The Hall–Kier alpha value is -0.780. The van der Waals surface area contributed by atoms with Gasteiger partial charge in [0.2, 0.25) is 0 Å². The smallest absolute Gasteiger partial charge is 0.105 e. The van der Waals surface area contributed by atoms with Gasteiger partial charge in [-0.05, 0) is 31.2 Å². The molecule has 2 rings (SSSR count). The predicted octanol–water partition coefficient (Wildman–Crippen LogP) is 3.49. The van der Waals surface area contributed by atoms with E-state index in [0.717, 1.165) is 21.6 Å². The summed E-state index contributed by atoms with van der Waals surface area (Å²) in [5.74, 6) is 0.627. The van der Waals surface area contributed by atoms with Crippen LogP contribution in [0.5, 0.6) is 0 Å². The van der Waals surface area contributed by atoms with Crippen molar-refractivity contribution in [2.24, 2.45) is 0 Å². The lowest BCUT2D eigenvalue weighted by Crippen LogP contribution is -2.09. The van der Waals surface area contributed by atoms with Crippen LogP contribution in [0.1, 0.15) is 18.7 Å². The van der Waals surface area contributed by atoms with Gasteiger partial charge in [0.05, 0.1) is 5.69 Å². The molecule has 1 N–H and O–H groups in total. The predicted molar refractivity (Wildman–Crippen MR) is 77.7 cm³/mol. The second kappa shape index (κ2) is 6.41. The summed E-state index contributed by atoms with van der Waals surface area (Å²) in [4.78, 5) is 1.14. The van der Waals surface area contributed by atoms with Gasteiger partial charge in [-0.2, -0.15) is 5.10 Å². The first-order chi connectivity index (χ1) is 8.70. The van der Waals surface area contributed by atoms with Crippen molar-refractivity contribution in [1.82, 2.24) is 9.78 Å². The summed E-state index contributed by atoms with van der Waals surface area (Å²) in [6, 6.07) is 9.95. The van der Waals surface area contributed by atoms with E-state index in [1.165, 1.54) is 0 Å². The van der Waals surface area contributed by atoms with Crippen molar-refractivity contribution in [1.29, 1.82) is 0 Å². The number of rotatable bonds is 5. The molecule has 0 saturated heterocycles. The van der Waals surface area contributed by atoms with E-state index in [9.17, 15) is 5.11 Å². The first-order valence-electron chi connectivity index (χ1n) is 5.79. The summed E-state index contributed by atoms with van der Waals surface area (Å²) >= 11 is 5.08. The molecule has 5 heteroatoms. The number of nitrogens with zero attached hydrogens (tertiary/aromatic N) is 2. The van der Waals surface area contributed by atoms with E-state index in [4.69, 9.17) is 0 Å². The maximum atomic E-state index is 10.2. The molecule has 0 aliphatic carbocycles. The Labute approximate surface area is 119 Å². The van der Waals surface area contributed by atoms with Crippen LogP contribution in [0.3, 0.4) is 0 Å².